The third-order valence-electron chi connectivity index (χ3n) is 5.71. The summed E-state index contributed by atoms with van der Waals surface area (Å²) in [5.74, 6) is 2.08. The Morgan fingerprint density at radius 3 is 2.53 bits per heavy atom. The number of aromatic nitrogens is 2. The number of ether oxygens (including phenoxy) is 2. The Balaban J connectivity index is 1.44. The first kappa shape index (κ1) is 23.6. The molecule has 3 aromatic carbocycles. The second kappa shape index (κ2) is 10.6. The van der Waals surface area contributed by atoms with E-state index >= 15 is 0 Å². The zero-order valence-corrected chi connectivity index (χ0v) is 20.4. The third kappa shape index (κ3) is 5.18. The molecule has 34 heavy (non-hydrogen) atoms. The van der Waals surface area contributed by atoms with Gasteiger partial charge >= 0.3 is 0 Å². The van der Waals surface area contributed by atoms with Gasteiger partial charge in [0.1, 0.15) is 23.9 Å². The van der Waals surface area contributed by atoms with Crippen molar-refractivity contribution in [1.29, 1.82) is 0 Å². The van der Waals surface area contributed by atoms with Crippen LogP contribution in [0.2, 0.25) is 5.02 Å². The summed E-state index contributed by atoms with van der Waals surface area (Å²) in [7, 11) is 1.56. The summed E-state index contributed by atoms with van der Waals surface area (Å²) in [6.45, 7) is 5.53. The van der Waals surface area contributed by atoms with Crippen molar-refractivity contribution in [3.63, 3.8) is 0 Å². The first-order valence-corrected chi connectivity index (χ1v) is 11.6. The number of benzene rings is 3. The zero-order chi connectivity index (χ0) is 24.1. The standard InChI is InChI=1S/C27H28ClN3O3/c1-18-16-20(17-19(2)26(18)28)34-15-14-31-23-10-6-5-9-22(23)30-25(31)12-13-29-27(32)21-8-4-7-11-24(21)33-3/h4-11,16-17H,12-15H2,1-3H3,(H,29,32). The molecule has 6 nitrogen and oxygen atoms in total. The third-order valence-corrected chi connectivity index (χ3v) is 6.31. The molecule has 0 aliphatic carbocycles. The highest BCUT2D eigenvalue weighted by Gasteiger charge is 2.14. The Morgan fingerprint density at radius 1 is 1.06 bits per heavy atom. The molecule has 0 bridgehead atoms. The number of rotatable bonds is 9. The molecule has 1 amide bonds. The summed E-state index contributed by atoms with van der Waals surface area (Å²) in [4.78, 5) is 17.4. The van der Waals surface area contributed by atoms with E-state index in [1.807, 2.05) is 56.3 Å². The van der Waals surface area contributed by atoms with Gasteiger partial charge in [-0.3, -0.25) is 4.79 Å². The fourth-order valence-corrected chi connectivity index (χ4v) is 4.13. The summed E-state index contributed by atoms with van der Waals surface area (Å²) < 4.78 is 13.5. The number of nitrogens with zero attached hydrogens (tertiary/aromatic N) is 2. The molecule has 0 spiro atoms. The lowest BCUT2D eigenvalue weighted by Crippen LogP contribution is -2.27. The Morgan fingerprint density at radius 2 is 1.76 bits per heavy atom. The molecule has 0 aliphatic heterocycles. The van der Waals surface area contributed by atoms with Crippen LogP contribution in [0.25, 0.3) is 11.0 Å². The van der Waals surface area contributed by atoms with Crippen LogP contribution in [0.5, 0.6) is 11.5 Å². The van der Waals surface area contributed by atoms with E-state index in [9.17, 15) is 4.79 Å². The summed E-state index contributed by atoms with van der Waals surface area (Å²) in [6, 6.07) is 19.1. The van der Waals surface area contributed by atoms with Gasteiger partial charge in [0.15, 0.2) is 0 Å². The molecule has 1 aromatic heterocycles. The second-order valence-electron chi connectivity index (χ2n) is 8.09. The van der Waals surface area contributed by atoms with Gasteiger partial charge in [-0.15, -0.1) is 0 Å². The maximum absolute atomic E-state index is 12.6. The molecule has 4 aromatic rings. The number of fused-ring (bicyclic) bond motifs is 1. The highest BCUT2D eigenvalue weighted by atomic mass is 35.5. The fraction of sp³-hybridized carbons (Fsp3) is 0.259. The van der Waals surface area contributed by atoms with Gasteiger partial charge in [0.25, 0.3) is 5.91 Å². The monoisotopic (exact) mass is 477 g/mol. The van der Waals surface area contributed by atoms with Crippen LogP contribution in [0.15, 0.2) is 60.7 Å². The van der Waals surface area contributed by atoms with Crippen LogP contribution in [-0.2, 0) is 13.0 Å². The van der Waals surface area contributed by atoms with E-state index in [0.717, 1.165) is 38.8 Å². The van der Waals surface area contributed by atoms with Gasteiger partial charge in [-0.2, -0.15) is 0 Å². The number of methoxy groups -OCH3 is 1. The van der Waals surface area contributed by atoms with Crippen molar-refractivity contribution >= 4 is 28.5 Å². The van der Waals surface area contributed by atoms with Crippen LogP contribution in [0, 0.1) is 13.8 Å². The molecule has 4 rings (SSSR count). The lowest BCUT2D eigenvalue weighted by atomic mass is 10.1. The molecule has 1 heterocycles. The normalized spacial score (nSPS) is 10.9. The maximum atomic E-state index is 12.6. The maximum Gasteiger partial charge on any atom is 0.255 e. The molecule has 1 N–H and O–H groups in total. The molecule has 0 fully saturated rings. The lowest BCUT2D eigenvalue weighted by Gasteiger charge is -2.13. The van der Waals surface area contributed by atoms with E-state index < -0.39 is 0 Å². The number of carbonyl (C=O) groups excluding carboxylic acids is 1. The lowest BCUT2D eigenvalue weighted by molar-refractivity contribution is 0.0951. The van der Waals surface area contributed by atoms with E-state index in [1.54, 1.807) is 19.2 Å². The van der Waals surface area contributed by atoms with Gasteiger partial charge in [0.2, 0.25) is 0 Å². The predicted octanol–water partition coefficient (Wildman–Crippen LogP) is 5.37. The van der Waals surface area contributed by atoms with E-state index in [0.29, 0.717) is 37.4 Å². The molecule has 0 radical (unpaired) electrons. The molecule has 0 aliphatic rings. The van der Waals surface area contributed by atoms with Crippen molar-refractivity contribution in [2.24, 2.45) is 0 Å². The fourth-order valence-electron chi connectivity index (χ4n) is 4.03. The number of imidazole rings is 1. The second-order valence-corrected chi connectivity index (χ2v) is 8.47. The Bertz CT molecular complexity index is 1290. The van der Waals surface area contributed by atoms with Gasteiger partial charge in [0, 0.05) is 18.0 Å². The van der Waals surface area contributed by atoms with Gasteiger partial charge < -0.3 is 19.4 Å². The highest BCUT2D eigenvalue weighted by molar-refractivity contribution is 6.32. The summed E-state index contributed by atoms with van der Waals surface area (Å²) in [6.07, 6.45) is 0.592. The number of halogens is 1. The van der Waals surface area contributed by atoms with Crippen molar-refractivity contribution in [3.8, 4) is 11.5 Å². The van der Waals surface area contributed by atoms with Crippen molar-refractivity contribution in [3.05, 3.63) is 88.2 Å². The van der Waals surface area contributed by atoms with Gasteiger partial charge in [-0.05, 0) is 61.4 Å². The van der Waals surface area contributed by atoms with Crippen molar-refractivity contribution < 1.29 is 14.3 Å². The SMILES string of the molecule is COc1ccccc1C(=O)NCCc1nc2ccccc2n1CCOc1cc(C)c(Cl)c(C)c1. The van der Waals surface area contributed by atoms with Crippen LogP contribution in [0.3, 0.4) is 0 Å². The smallest absolute Gasteiger partial charge is 0.255 e. The topological polar surface area (TPSA) is 65.4 Å². The van der Waals surface area contributed by atoms with Gasteiger partial charge in [-0.1, -0.05) is 35.9 Å². The largest absolute Gasteiger partial charge is 0.496 e. The molecule has 176 valence electrons. The number of amides is 1. The molecular weight excluding hydrogens is 450 g/mol. The van der Waals surface area contributed by atoms with E-state index in [1.165, 1.54) is 0 Å². The van der Waals surface area contributed by atoms with Crippen LogP contribution in [0.1, 0.15) is 27.3 Å². The quantitative estimate of drug-likeness (QED) is 0.352. The minimum Gasteiger partial charge on any atom is -0.496 e. The zero-order valence-electron chi connectivity index (χ0n) is 19.6. The number of carbonyl (C=O) groups is 1. The van der Waals surface area contributed by atoms with Crippen LogP contribution in [-0.4, -0.2) is 35.7 Å². The first-order valence-electron chi connectivity index (χ1n) is 11.2. The summed E-state index contributed by atoms with van der Waals surface area (Å²) in [5.41, 5.74) is 4.47. The van der Waals surface area contributed by atoms with Crippen LogP contribution >= 0.6 is 11.6 Å². The van der Waals surface area contributed by atoms with Crippen molar-refractivity contribution in [2.45, 2.75) is 26.8 Å². The molecule has 7 heteroatoms. The van der Waals surface area contributed by atoms with E-state index in [2.05, 4.69) is 16.0 Å². The summed E-state index contributed by atoms with van der Waals surface area (Å²) in [5, 5.41) is 3.75. The van der Waals surface area contributed by atoms with Crippen LogP contribution in [0.4, 0.5) is 0 Å². The predicted molar refractivity (Wildman–Crippen MR) is 135 cm³/mol. The Kier molecular flexibility index (Phi) is 7.38. The number of para-hydroxylation sites is 3. The molecule has 0 unspecified atom stereocenters. The Labute approximate surface area is 204 Å². The molecule has 0 atom stereocenters. The highest BCUT2D eigenvalue weighted by Crippen LogP contribution is 2.26. The number of aryl methyl sites for hydroxylation is 2. The number of hydrogen-bond donors (Lipinski definition) is 1. The van der Waals surface area contributed by atoms with Gasteiger partial charge in [0.05, 0.1) is 30.3 Å². The summed E-state index contributed by atoms with van der Waals surface area (Å²) >= 11 is 6.27. The molecule has 0 saturated heterocycles. The minimum atomic E-state index is -0.170. The number of hydrogen-bond acceptors (Lipinski definition) is 4. The first-order chi connectivity index (χ1) is 16.5. The van der Waals surface area contributed by atoms with Crippen LogP contribution < -0.4 is 14.8 Å². The van der Waals surface area contributed by atoms with Gasteiger partial charge in [-0.25, -0.2) is 4.98 Å². The van der Waals surface area contributed by atoms with E-state index in [-0.39, 0.29) is 5.91 Å². The average molecular weight is 478 g/mol. The van der Waals surface area contributed by atoms with Crippen molar-refractivity contribution in [1.82, 2.24) is 14.9 Å². The minimum absolute atomic E-state index is 0.170. The van der Waals surface area contributed by atoms with E-state index in [4.69, 9.17) is 26.1 Å². The average Bonchev–Trinajstić information content (AvgIpc) is 3.19. The molecule has 0 saturated carbocycles. The molecular formula is C27H28ClN3O3. The number of nitrogens with one attached hydrogen (secondary N) is 1. The Hall–Kier alpha value is -3.51. The van der Waals surface area contributed by atoms with Crippen molar-refractivity contribution in [2.75, 3.05) is 20.3 Å².